The molecule has 38 heavy (non-hydrogen) atoms. The zero-order chi connectivity index (χ0) is 26.9. The standard InChI is InChI=1S/C30H38N4O4/c1-3-20(2)27(30(37)31-19-23-14-9-13-22-12-7-8-15-24(22)23)34-28(35)25(18-21-10-5-4-6-11-21)33-29(36)26-16-17-32-38-26/h7-9,12-17,20-21,25,27H,3-6,10-11,18-19H2,1-2H3,(H,31,37)(H,33,36)(H,34,35)/t20-,25-,27-/m0/s1. The molecule has 3 aromatic rings. The molecule has 3 atom stereocenters. The quantitative estimate of drug-likeness (QED) is 0.339. The molecule has 8 heteroatoms. The van der Waals surface area contributed by atoms with Gasteiger partial charge >= 0.3 is 0 Å². The van der Waals surface area contributed by atoms with Gasteiger partial charge in [0.1, 0.15) is 12.1 Å². The van der Waals surface area contributed by atoms with E-state index in [0.29, 0.717) is 25.3 Å². The van der Waals surface area contributed by atoms with E-state index in [9.17, 15) is 14.4 Å². The normalized spacial score (nSPS) is 16.4. The van der Waals surface area contributed by atoms with Crippen molar-refractivity contribution in [2.45, 2.75) is 77.4 Å². The second kappa shape index (κ2) is 13.2. The van der Waals surface area contributed by atoms with E-state index in [-0.39, 0.29) is 23.5 Å². The average Bonchev–Trinajstić information content (AvgIpc) is 3.50. The van der Waals surface area contributed by atoms with Crippen LogP contribution in [0.5, 0.6) is 0 Å². The summed E-state index contributed by atoms with van der Waals surface area (Å²) < 4.78 is 4.99. The van der Waals surface area contributed by atoms with Crippen LogP contribution in [0.2, 0.25) is 0 Å². The first-order chi connectivity index (χ1) is 18.5. The first-order valence-electron chi connectivity index (χ1n) is 13.7. The minimum Gasteiger partial charge on any atom is -0.351 e. The van der Waals surface area contributed by atoms with Gasteiger partial charge in [0.25, 0.3) is 5.91 Å². The molecule has 3 amide bonds. The fourth-order valence-electron chi connectivity index (χ4n) is 5.24. The van der Waals surface area contributed by atoms with Crippen LogP contribution in [0.3, 0.4) is 0 Å². The number of carbonyl (C=O) groups excluding carboxylic acids is 3. The van der Waals surface area contributed by atoms with Crippen LogP contribution in [0, 0.1) is 11.8 Å². The van der Waals surface area contributed by atoms with Crippen molar-refractivity contribution in [1.29, 1.82) is 0 Å². The van der Waals surface area contributed by atoms with Crippen molar-refractivity contribution in [3.05, 3.63) is 66.1 Å². The van der Waals surface area contributed by atoms with E-state index in [1.54, 1.807) is 0 Å². The number of rotatable bonds is 11. The highest BCUT2D eigenvalue weighted by Crippen LogP contribution is 2.27. The number of hydrogen-bond donors (Lipinski definition) is 3. The topological polar surface area (TPSA) is 113 Å². The third-order valence-corrected chi connectivity index (χ3v) is 7.70. The molecule has 2 aromatic carbocycles. The minimum absolute atomic E-state index is 0.0535. The highest BCUT2D eigenvalue weighted by molar-refractivity contribution is 5.96. The Morgan fingerprint density at radius 2 is 1.74 bits per heavy atom. The predicted molar refractivity (Wildman–Crippen MR) is 146 cm³/mol. The van der Waals surface area contributed by atoms with E-state index >= 15 is 0 Å². The van der Waals surface area contributed by atoms with Crippen LogP contribution in [-0.4, -0.2) is 35.0 Å². The summed E-state index contributed by atoms with van der Waals surface area (Å²) in [6.45, 7) is 4.30. The number of nitrogens with one attached hydrogen (secondary N) is 3. The number of carbonyl (C=O) groups is 3. The Hall–Kier alpha value is -3.68. The smallest absolute Gasteiger partial charge is 0.290 e. The molecule has 0 unspecified atom stereocenters. The largest absolute Gasteiger partial charge is 0.351 e. The third kappa shape index (κ3) is 7.00. The summed E-state index contributed by atoms with van der Waals surface area (Å²) in [5.41, 5.74) is 1.01. The van der Waals surface area contributed by atoms with Crippen molar-refractivity contribution in [3.8, 4) is 0 Å². The Kier molecular flexibility index (Phi) is 9.51. The molecule has 0 aliphatic heterocycles. The van der Waals surface area contributed by atoms with Gasteiger partial charge in [-0.05, 0) is 34.6 Å². The predicted octanol–water partition coefficient (Wildman–Crippen LogP) is 4.74. The maximum Gasteiger partial charge on any atom is 0.290 e. The summed E-state index contributed by atoms with van der Waals surface area (Å²) in [5.74, 6) is -0.770. The van der Waals surface area contributed by atoms with E-state index in [2.05, 4.69) is 21.1 Å². The molecule has 1 saturated carbocycles. The maximum absolute atomic E-state index is 13.6. The lowest BCUT2D eigenvalue weighted by Gasteiger charge is -2.29. The Morgan fingerprint density at radius 1 is 0.974 bits per heavy atom. The minimum atomic E-state index is -0.770. The Labute approximate surface area is 223 Å². The highest BCUT2D eigenvalue weighted by Gasteiger charge is 2.32. The van der Waals surface area contributed by atoms with E-state index in [4.69, 9.17) is 4.52 Å². The molecule has 202 valence electrons. The molecular weight excluding hydrogens is 480 g/mol. The summed E-state index contributed by atoms with van der Waals surface area (Å²) in [6, 6.07) is 14.0. The van der Waals surface area contributed by atoms with Crippen LogP contribution in [0.15, 0.2) is 59.3 Å². The number of benzene rings is 2. The Balaban J connectivity index is 1.46. The lowest BCUT2D eigenvalue weighted by molar-refractivity contribution is -0.131. The zero-order valence-electron chi connectivity index (χ0n) is 22.2. The molecule has 1 aliphatic carbocycles. The monoisotopic (exact) mass is 518 g/mol. The lowest BCUT2D eigenvalue weighted by Crippen LogP contribution is -2.56. The van der Waals surface area contributed by atoms with Crippen LogP contribution in [0.25, 0.3) is 10.8 Å². The van der Waals surface area contributed by atoms with Gasteiger partial charge in [-0.15, -0.1) is 0 Å². The molecule has 4 rings (SSSR count). The van der Waals surface area contributed by atoms with Gasteiger partial charge in [-0.3, -0.25) is 14.4 Å². The summed E-state index contributed by atoms with van der Waals surface area (Å²) >= 11 is 0. The van der Waals surface area contributed by atoms with Crippen LogP contribution in [0.1, 0.15) is 74.9 Å². The third-order valence-electron chi connectivity index (χ3n) is 7.70. The number of nitrogens with zero attached hydrogens (tertiary/aromatic N) is 1. The van der Waals surface area contributed by atoms with E-state index in [1.165, 1.54) is 18.7 Å². The summed E-state index contributed by atoms with van der Waals surface area (Å²) in [7, 11) is 0. The van der Waals surface area contributed by atoms with E-state index < -0.39 is 18.0 Å². The van der Waals surface area contributed by atoms with Gasteiger partial charge in [0.2, 0.25) is 17.6 Å². The first kappa shape index (κ1) is 27.4. The number of amides is 3. The molecule has 1 fully saturated rings. The van der Waals surface area contributed by atoms with Crippen molar-refractivity contribution in [2.75, 3.05) is 0 Å². The fourth-order valence-corrected chi connectivity index (χ4v) is 5.24. The van der Waals surface area contributed by atoms with Gasteiger partial charge < -0.3 is 20.5 Å². The number of hydrogen-bond acceptors (Lipinski definition) is 5. The van der Waals surface area contributed by atoms with Crippen LogP contribution < -0.4 is 16.0 Å². The van der Waals surface area contributed by atoms with Crippen molar-refractivity contribution in [1.82, 2.24) is 21.1 Å². The second-order valence-electron chi connectivity index (χ2n) is 10.4. The lowest BCUT2D eigenvalue weighted by atomic mass is 9.84. The summed E-state index contributed by atoms with van der Waals surface area (Å²) in [4.78, 5) is 39.7. The maximum atomic E-state index is 13.6. The highest BCUT2D eigenvalue weighted by atomic mass is 16.5. The summed E-state index contributed by atoms with van der Waals surface area (Å²) in [5, 5.41) is 14.6. The van der Waals surface area contributed by atoms with Crippen molar-refractivity contribution < 1.29 is 18.9 Å². The number of fused-ring (bicyclic) bond motifs is 1. The molecule has 0 bridgehead atoms. The molecule has 0 saturated heterocycles. The van der Waals surface area contributed by atoms with Crippen molar-refractivity contribution in [3.63, 3.8) is 0 Å². The van der Waals surface area contributed by atoms with E-state index in [1.807, 2.05) is 56.3 Å². The van der Waals surface area contributed by atoms with Crippen LogP contribution in [-0.2, 0) is 16.1 Å². The van der Waals surface area contributed by atoms with Gasteiger partial charge in [-0.2, -0.15) is 0 Å². The van der Waals surface area contributed by atoms with Gasteiger partial charge in [0, 0.05) is 12.6 Å². The fraction of sp³-hybridized carbons (Fsp3) is 0.467. The number of aromatic nitrogens is 1. The van der Waals surface area contributed by atoms with Crippen LogP contribution >= 0.6 is 0 Å². The van der Waals surface area contributed by atoms with Crippen molar-refractivity contribution in [2.24, 2.45) is 11.8 Å². The molecule has 8 nitrogen and oxygen atoms in total. The van der Waals surface area contributed by atoms with E-state index in [0.717, 1.165) is 42.0 Å². The molecule has 1 aliphatic rings. The zero-order valence-corrected chi connectivity index (χ0v) is 22.2. The molecule has 3 N–H and O–H groups in total. The summed E-state index contributed by atoms with van der Waals surface area (Å²) in [6.07, 6.45) is 8.14. The first-order valence-corrected chi connectivity index (χ1v) is 13.7. The van der Waals surface area contributed by atoms with Crippen molar-refractivity contribution >= 4 is 28.5 Å². The van der Waals surface area contributed by atoms with Gasteiger partial charge in [0.05, 0.1) is 6.20 Å². The Bertz CT molecular complexity index is 1210. The Morgan fingerprint density at radius 3 is 2.47 bits per heavy atom. The molecule has 0 radical (unpaired) electrons. The molecule has 1 heterocycles. The van der Waals surface area contributed by atoms with Gasteiger partial charge in [0.15, 0.2) is 0 Å². The molecule has 1 aromatic heterocycles. The van der Waals surface area contributed by atoms with Gasteiger partial charge in [-0.1, -0.05) is 100.0 Å². The molecular formula is C30H38N4O4. The molecule has 0 spiro atoms. The SMILES string of the molecule is CC[C@H](C)[C@H](NC(=O)[C@H](CC1CCCCC1)NC(=O)c1ccno1)C(=O)NCc1cccc2ccccc12. The van der Waals surface area contributed by atoms with Crippen LogP contribution in [0.4, 0.5) is 0 Å². The second-order valence-corrected chi connectivity index (χ2v) is 10.4. The van der Waals surface area contributed by atoms with Gasteiger partial charge in [-0.25, -0.2) is 0 Å². The average molecular weight is 519 g/mol.